The number of aliphatic hydroxyl groups is 1. The van der Waals surface area contributed by atoms with Gasteiger partial charge >= 0.3 is 0 Å². The van der Waals surface area contributed by atoms with E-state index < -0.39 is 6.10 Å². The minimum Gasteiger partial charge on any atom is -0.385 e. The summed E-state index contributed by atoms with van der Waals surface area (Å²) in [5.41, 5.74) is 0. The van der Waals surface area contributed by atoms with Gasteiger partial charge in [-0.25, -0.2) is 0 Å². The van der Waals surface area contributed by atoms with Gasteiger partial charge in [0.25, 0.3) is 0 Å². The third-order valence-electron chi connectivity index (χ3n) is 1.67. The third-order valence-corrected chi connectivity index (χ3v) is 1.67. The molecule has 2 heteroatoms. The molecule has 0 amide bonds. The molecule has 0 aliphatic heterocycles. The molecule has 0 aliphatic carbocycles. The van der Waals surface area contributed by atoms with Crippen molar-refractivity contribution < 1.29 is 9.90 Å². The first-order valence-corrected chi connectivity index (χ1v) is 4.57. The zero-order valence-corrected chi connectivity index (χ0v) is 7.92. The zero-order valence-electron chi connectivity index (χ0n) is 7.92. The molecule has 1 N–H and O–H groups in total. The molecule has 0 rings (SSSR count). The first-order valence-electron chi connectivity index (χ1n) is 4.57. The molecule has 0 saturated carbocycles. The molecule has 0 radical (unpaired) electrons. The molecule has 0 aromatic carbocycles. The van der Waals surface area contributed by atoms with E-state index in [2.05, 4.69) is 6.92 Å². The van der Waals surface area contributed by atoms with Crippen molar-refractivity contribution in [2.24, 2.45) is 0 Å². The molecule has 70 valence electrons. The smallest absolute Gasteiger partial charge is 0.183 e. The van der Waals surface area contributed by atoms with Crippen LogP contribution in [-0.2, 0) is 4.79 Å². The number of hydrogen-bond donors (Lipinski definition) is 1. The van der Waals surface area contributed by atoms with Crippen LogP contribution in [0.4, 0.5) is 0 Å². The van der Waals surface area contributed by atoms with E-state index in [0.29, 0.717) is 0 Å². The van der Waals surface area contributed by atoms with Crippen molar-refractivity contribution in [3.8, 4) is 0 Å². The minimum absolute atomic E-state index is 0.202. The van der Waals surface area contributed by atoms with Gasteiger partial charge in [0.15, 0.2) is 5.78 Å². The Hall–Kier alpha value is -0.630. The van der Waals surface area contributed by atoms with Crippen molar-refractivity contribution in [1.82, 2.24) is 0 Å². The number of hydrogen-bond acceptors (Lipinski definition) is 2. The monoisotopic (exact) mass is 170 g/mol. The second kappa shape index (κ2) is 7.04. The zero-order chi connectivity index (χ0) is 9.40. The van der Waals surface area contributed by atoms with E-state index in [1.54, 1.807) is 0 Å². The Balaban J connectivity index is 3.42. The maximum absolute atomic E-state index is 10.8. The quantitative estimate of drug-likeness (QED) is 0.489. The molecule has 1 atom stereocenters. The van der Waals surface area contributed by atoms with Crippen molar-refractivity contribution in [2.75, 3.05) is 0 Å². The Morgan fingerprint density at radius 3 is 2.67 bits per heavy atom. The van der Waals surface area contributed by atoms with E-state index in [1.807, 2.05) is 6.08 Å². The predicted octanol–water partition coefficient (Wildman–Crippen LogP) is 2.07. The largest absolute Gasteiger partial charge is 0.385 e. The van der Waals surface area contributed by atoms with Crippen LogP contribution in [0.5, 0.6) is 0 Å². The number of carbonyl (C=O) groups is 1. The molecule has 12 heavy (non-hydrogen) atoms. The van der Waals surface area contributed by atoms with Crippen molar-refractivity contribution >= 4 is 5.78 Å². The number of carbonyl (C=O) groups excluding carboxylic acids is 1. The highest BCUT2D eigenvalue weighted by molar-refractivity contribution is 5.92. The van der Waals surface area contributed by atoms with Crippen LogP contribution in [0.25, 0.3) is 0 Å². The van der Waals surface area contributed by atoms with Crippen LogP contribution in [0.3, 0.4) is 0 Å². The summed E-state index contributed by atoms with van der Waals surface area (Å²) in [6, 6.07) is 0. The SMILES string of the molecule is CCCCCC=CC(=O)C(C)O. The average Bonchev–Trinajstić information content (AvgIpc) is 2.03. The lowest BCUT2D eigenvalue weighted by molar-refractivity contribution is -0.121. The summed E-state index contributed by atoms with van der Waals surface area (Å²) in [6.45, 7) is 3.63. The van der Waals surface area contributed by atoms with Gasteiger partial charge in [0.2, 0.25) is 0 Å². The summed E-state index contributed by atoms with van der Waals surface area (Å²) in [5.74, 6) is -0.202. The van der Waals surface area contributed by atoms with Gasteiger partial charge in [-0.3, -0.25) is 4.79 Å². The Kier molecular flexibility index (Phi) is 6.67. The molecule has 1 unspecified atom stereocenters. The van der Waals surface area contributed by atoms with Crippen molar-refractivity contribution in [1.29, 1.82) is 0 Å². The highest BCUT2D eigenvalue weighted by Gasteiger charge is 2.02. The topological polar surface area (TPSA) is 37.3 Å². The molecular weight excluding hydrogens is 152 g/mol. The second-order valence-electron chi connectivity index (χ2n) is 2.98. The van der Waals surface area contributed by atoms with E-state index in [1.165, 1.54) is 25.8 Å². The number of aliphatic hydroxyl groups excluding tert-OH is 1. The van der Waals surface area contributed by atoms with Gasteiger partial charge in [-0.15, -0.1) is 0 Å². The predicted molar refractivity (Wildman–Crippen MR) is 50.0 cm³/mol. The van der Waals surface area contributed by atoms with Gasteiger partial charge in [0.1, 0.15) is 6.10 Å². The molecule has 0 fully saturated rings. The lowest BCUT2D eigenvalue weighted by atomic mass is 10.1. The molecule has 0 spiro atoms. The van der Waals surface area contributed by atoms with Crippen molar-refractivity contribution in [3.63, 3.8) is 0 Å². The summed E-state index contributed by atoms with van der Waals surface area (Å²) in [7, 11) is 0. The summed E-state index contributed by atoms with van der Waals surface area (Å²) >= 11 is 0. The fraction of sp³-hybridized carbons (Fsp3) is 0.700. The van der Waals surface area contributed by atoms with Crippen molar-refractivity contribution in [2.45, 2.75) is 45.6 Å². The Labute approximate surface area is 74.3 Å². The van der Waals surface area contributed by atoms with E-state index in [-0.39, 0.29) is 5.78 Å². The molecule has 0 saturated heterocycles. The number of allylic oxidation sites excluding steroid dienone is 1. The van der Waals surface area contributed by atoms with Crippen LogP contribution in [0.15, 0.2) is 12.2 Å². The first-order chi connectivity index (χ1) is 5.68. The number of unbranched alkanes of at least 4 members (excludes halogenated alkanes) is 3. The first kappa shape index (κ1) is 11.4. The van der Waals surface area contributed by atoms with Gasteiger partial charge in [-0.05, 0) is 25.8 Å². The van der Waals surface area contributed by atoms with E-state index in [0.717, 1.165) is 12.8 Å². The molecular formula is C10H18O2. The van der Waals surface area contributed by atoms with Crippen LogP contribution in [0, 0.1) is 0 Å². The lowest BCUT2D eigenvalue weighted by Gasteiger charge is -1.95. The van der Waals surface area contributed by atoms with E-state index >= 15 is 0 Å². The molecule has 0 bridgehead atoms. The standard InChI is InChI=1S/C10H18O2/c1-3-4-5-6-7-8-10(12)9(2)11/h7-9,11H,3-6H2,1-2H3. The summed E-state index contributed by atoms with van der Waals surface area (Å²) in [6.07, 6.45) is 6.91. The normalized spacial score (nSPS) is 13.6. The van der Waals surface area contributed by atoms with Crippen LogP contribution >= 0.6 is 0 Å². The number of ketones is 1. The lowest BCUT2D eigenvalue weighted by Crippen LogP contribution is -2.12. The van der Waals surface area contributed by atoms with Gasteiger partial charge in [0, 0.05) is 0 Å². The molecule has 0 aromatic rings. The van der Waals surface area contributed by atoms with Crippen molar-refractivity contribution in [3.05, 3.63) is 12.2 Å². The van der Waals surface area contributed by atoms with Crippen LogP contribution in [0.2, 0.25) is 0 Å². The van der Waals surface area contributed by atoms with Gasteiger partial charge < -0.3 is 5.11 Å². The second-order valence-corrected chi connectivity index (χ2v) is 2.98. The van der Waals surface area contributed by atoms with Gasteiger partial charge in [0.05, 0.1) is 0 Å². The maximum atomic E-state index is 10.8. The Morgan fingerprint density at radius 1 is 1.50 bits per heavy atom. The van der Waals surface area contributed by atoms with Crippen LogP contribution < -0.4 is 0 Å². The molecule has 0 aromatic heterocycles. The number of rotatable bonds is 6. The van der Waals surface area contributed by atoms with Crippen LogP contribution in [-0.4, -0.2) is 17.0 Å². The molecule has 2 nitrogen and oxygen atoms in total. The summed E-state index contributed by atoms with van der Waals surface area (Å²) < 4.78 is 0. The fourth-order valence-corrected chi connectivity index (χ4v) is 0.851. The fourth-order valence-electron chi connectivity index (χ4n) is 0.851. The van der Waals surface area contributed by atoms with E-state index in [4.69, 9.17) is 5.11 Å². The van der Waals surface area contributed by atoms with Gasteiger partial charge in [-0.2, -0.15) is 0 Å². The van der Waals surface area contributed by atoms with Crippen LogP contribution in [0.1, 0.15) is 39.5 Å². The average molecular weight is 170 g/mol. The summed E-state index contributed by atoms with van der Waals surface area (Å²) in [4.78, 5) is 10.8. The summed E-state index contributed by atoms with van der Waals surface area (Å²) in [5, 5.41) is 8.82. The Bertz CT molecular complexity index is 148. The highest BCUT2D eigenvalue weighted by Crippen LogP contribution is 1.99. The maximum Gasteiger partial charge on any atom is 0.183 e. The molecule has 0 aliphatic rings. The highest BCUT2D eigenvalue weighted by atomic mass is 16.3. The molecule has 0 heterocycles. The third kappa shape index (κ3) is 6.10. The van der Waals surface area contributed by atoms with E-state index in [9.17, 15) is 4.79 Å². The van der Waals surface area contributed by atoms with Gasteiger partial charge in [-0.1, -0.05) is 25.8 Å². The Morgan fingerprint density at radius 2 is 2.17 bits per heavy atom. The minimum atomic E-state index is -0.854.